The van der Waals surface area contributed by atoms with Crippen molar-refractivity contribution in [3.05, 3.63) is 36.0 Å². The molecule has 5 aliphatic heterocycles. The number of carbonyl (C=O) groups excluding carboxylic acids is 1. The molecular weight excluding hydrogens is 1340 g/mol. The van der Waals surface area contributed by atoms with Crippen LogP contribution < -0.4 is 0 Å². The quantitative estimate of drug-likeness (QED) is 0.0218. The third-order valence-corrected chi connectivity index (χ3v) is 25.5. The molecule has 10 rings (SSSR count). The van der Waals surface area contributed by atoms with Crippen LogP contribution in [0.2, 0.25) is 0 Å². The molecule has 9 fully saturated rings. The van der Waals surface area contributed by atoms with Crippen LogP contribution in [0.5, 0.6) is 0 Å². The number of fused-ring (bicyclic) bond motifs is 7. The summed E-state index contributed by atoms with van der Waals surface area (Å²) in [5, 5.41) is 202. The molecule has 578 valence electrons. The first-order chi connectivity index (χ1) is 47.4. The van der Waals surface area contributed by atoms with Gasteiger partial charge in [-0.15, -0.1) is 6.58 Å². The molecule has 18 N–H and O–H groups in total. The molecular formula is C70H112O31. The first kappa shape index (κ1) is 80.6. The van der Waals surface area contributed by atoms with Gasteiger partial charge in [-0.3, -0.25) is 4.79 Å². The highest BCUT2D eigenvalue weighted by Crippen LogP contribution is 2.75. The third kappa shape index (κ3) is 15.0. The fourth-order valence-electron chi connectivity index (χ4n) is 18.7. The van der Waals surface area contributed by atoms with Crippen LogP contribution in [0.4, 0.5) is 0 Å². The largest absolute Gasteiger partial charge is 0.481 e. The minimum Gasteiger partial charge on any atom is -0.481 e. The minimum absolute atomic E-state index is 0.0727. The van der Waals surface area contributed by atoms with E-state index in [0.29, 0.717) is 44.9 Å². The van der Waals surface area contributed by atoms with Crippen LogP contribution in [0.3, 0.4) is 0 Å². The Morgan fingerprint density at radius 2 is 1.07 bits per heavy atom. The van der Waals surface area contributed by atoms with E-state index >= 15 is 0 Å². The average molecular weight is 1450 g/mol. The van der Waals surface area contributed by atoms with Crippen molar-refractivity contribution >= 4 is 11.9 Å². The maximum atomic E-state index is 13.4. The highest BCUT2D eigenvalue weighted by molar-refractivity contribution is 5.87. The molecule has 0 radical (unpaired) electrons. The summed E-state index contributed by atoms with van der Waals surface area (Å²) < 4.78 is 67.2. The fourth-order valence-corrected chi connectivity index (χ4v) is 18.7. The minimum atomic E-state index is -2.27. The number of aliphatic hydroxyl groups is 17. The summed E-state index contributed by atoms with van der Waals surface area (Å²) >= 11 is 0. The zero-order valence-corrected chi connectivity index (χ0v) is 58.8. The van der Waals surface area contributed by atoms with Gasteiger partial charge in [-0.25, -0.2) is 4.79 Å². The van der Waals surface area contributed by atoms with E-state index in [1.807, 2.05) is 13.8 Å². The Labute approximate surface area is 587 Å². The standard InChI is InChI=1S/C70H112O31/c1-10-66(7,90)16-11-12-31(2)57(87)91-29-39-44(78)47(81)50(84)59(96-39)100-55-48(82)43(77)36(26-72)94-62(55)99-54-45(79)37(27-73)93-60(52(54)86)98-53-38(28-74)95-61(56(51(53)85)101-58-49(83)46(80)42(76)35(25-71)92-58)97-41-24-68(9)32(22-65(41,5)6)13-14-40-67(68,8)17-15-33-34-23-64(3,4)18-19-69(34,63(88)89)20-21-70(33,40)30-75/h10,12,15,32,34-56,58-62,71-86,90H,1,11,13-14,16-30H2,2-9H3,(H,88,89)/b31-12+/t32-,34-,35-,36-,37-,38+,39+,40+,41+,42-,43-,44+,45-,46+,47-,48+,49-,50+,51-,52-,53+,54+,55-,56+,58?,59?,60?,61?,62?,66+,67-,68+,69+,70-/m0/s1. The van der Waals surface area contributed by atoms with Crippen molar-refractivity contribution in [2.24, 2.45) is 50.2 Å². The molecule has 5 saturated heterocycles. The lowest BCUT2D eigenvalue weighted by Gasteiger charge is -2.70. The number of carboxylic acids is 1. The number of carbonyl (C=O) groups is 2. The Morgan fingerprint density at radius 1 is 0.564 bits per heavy atom. The molecule has 4 saturated carbocycles. The molecule has 0 bridgehead atoms. The number of rotatable bonds is 23. The Hall–Kier alpha value is -2.92. The van der Waals surface area contributed by atoms with Gasteiger partial charge in [0.25, 0.3) is 0 Å². The van der Waals surface area contributed by atoms with E-state index in [0.717, 1.165) is 24.8 Å². The number of esters is 1. The van der Waals surface area contributed by atoms with Gasteiger partial charge in [0.15, 0.2) is 31.5 Å². The van der Waals surface area contributed by atoms with E-state index in [-0.39, 0.29) is 48.2 Å². The van der Waals surface area contributed by atoms with E-state index in [2.05, 4.69) is 40.3 Å². The van der Waals surface area contributed by atoms with Crippen LogP contribution in [-0.2, 0) is 61.7 Å². The predicted octanol–water partition coefficient (Wildman–Crippen LogP) is -2.46. The summed E-state index contributed by atoms with van der Waals surface area (Å²) in [6, 6.07) is 0. The molecule has 0 aromatic heterocycles. The van der Waals surface area contributed by atoms with Crippen LogP contribution in [0.15, 0.2) is 36.0 Å². The first-order valence-electron chi connectivity index (χ1n) is 35.6. The summed E-state index contributed by atoms with van der Waals surface area (Å²) in [4.78, 5) is 26.4. The predicted molar refractivity (Wildman–Crippen MR) is 345 cm³/mol. The summed E-state index contributed by atoms with van der Waals surface area (Å²) in [5.41, 5.74) is -3.56. The van der Waals surface area contributed by atoms with Gasteiger partial charge in [-0.1, -0.05) is 65.3 Å². The number of aliphatic carboxylic acids is 1. The van der Waals surface area contributed by atoms with Gasteiger partial charge in [0, 0.05) is 11.0 Å². The van der Waals surface area contributed by atoms with Crippen molar-refractivity contribution in [3.8, 4) is 0 Å². The number of hydrogen-bond acceptors (Lipinski definition) is 30. The first-order valence-corrected chi connectivity index (χ1v) is 35.6. The average Bonchev–Trinajstić information content (AvgIpc) is 0.676. The normalized spacial score (nSPS) is 48.9. The second-order valence-corrected chi connectivity index (χ2v) is 32.6. The zero-order valence-electron chi connectivity index (χ0n) is 58.8. The zero-order chi connectivity index (χ0) is 74.2. The van der Waals surface area contributed by atoms with Crippen molar-refractivity contribution < 1.29 is 154 Å². The van der Waals surface area contributed by atoms with Gasteiger partial charge in [-0.05, 0) is 130 Å². The van der Waals surface area contributed by atoms with Gasteiger partial charge in [0.2, 0.25) is 0 Å². The van der Waals surface area contributed by atoms with E-state index in [1.54, 1.807) is 0 Å². The Balaban J connectivity index is 0.907. The van der Waals surface area contributed by atoms with Crippen LogP contribution in [-0.4, -0.2) is 309 Å². The maximum absolute atomic E-state index is 13.4. The summed E-state index contributed by atoms with van der Waals surface area (Å²) in [5.74, 6) is -1.91. The van der Waals surface area contributed by atoms with Gasteiger partial charge in [0.05, 0.1) is 50.2 Å². The monoisotopic (exact) mass is 1450 g/mol. The van der Waals surface area contributed by atoms with Crippen molar-refractivity contribution in [3.63, 3.8) is 0 Å². The molecule has 0 amide bonds. The van der Waals surface area contributed by atoms with Crippen LogP contribution in [0, 0.1) is 50.2 Å². The highest BCUT2D eigenvalue weighted by Gasteiger charge is 2.70. The summed E-state index contributed by atoms with van der Waals surface area (Å²) in [7, 11) is 0. The number of allylic oxidation sites excluding steroid dienone is 2. The number of carboxylic acid groups (broad SMARTS) is 1. The molecule has 10 aliphatic rings. The fraction of sp³-hybridized carbons (Fsp3) is 0.886. The Bertz CT molecular complexity index is 2910. The lowest BCUT2D eigenvalue weighted by molar-refractivity contribution is -0.406. The van der Waals surface area contributed by atoms with E-state index in [4.69, 9.17) is 52.1 Å². The Morgan fingerprint density at radius 3 is 1.65 bits per heavy atom. The van der Waals surface area contributed by atoms with Crippen LogP contribution >= 0.6 is 0 Å². The second kappa shape index (κ2) is 31.0. The van der Waals surface area contributed by atoms with Crippen molar-refractivity contribution in [1.29, 1.82) is 0 Å². The molecule has 5 heterocycles. The molecule has 31 heteroatoms. The summed E-state index contributed by atoms with van der Waals surface area (Å²) in [6.45, 7) is 14.6. The molecule has 5 unspecified atom stereocenters. The van der Waals surface area contributed by atoms with Crippen molar-refractivity contribution in [1.82, 2.24) is 0 Å². The van der Waals surface area contributed by atoms with Gasteiger partial charge >= 0.3 is 11.9 Å². The molecule has 5 aliphatic carbocycles. The Kier molecular flexibility index (Phi) is 24.7. The molecule has 34 atom stereocenters. The molecule has 0 spiro atoms. The van der Waals surface area contributed by atoms with E-state index in [1.165, 1.54) is 26.0 Å². The number of hydrogen-bond donors (Lipinski definition) is 18. The number of ether oxygens (including phenoxy) is 11. The van der Waals surface area contributed by atoms with Crippen molar-refractivity contribution in [2.45, 2.75) is 298 Å². The lowest BCUT2D eigenvalue weighted by atomic mass is 9.34. The third-order valence-electron chi connectivity index (χ3n) is 25.5. The molecule has 0 aromatic carbocycles. The summed E-state index contributed by atoms with van der Waals surface area (Å²) in [6.07, 6.45) is -38.0. The van der Waals surface area contributed by atoms with Gasteiger partial charge in [0.1, 0.15) is 129 Å². The topological polar surface area (TPSA) is 500 Å². The molecule has 0 aromatic rings. The lowest BCUT2D eigenvalue weighted by Crippen LogP contribution is -2.69. The molecule has 31 nitrogen and oxygen atoms in total. The second-order valence-electron chi connectivity index (χ2n) is 32.6. The van der Waals surface area contributed by atoms with Gasteiger partial charge in [-0.2, -0.15) is 0 Å². The highest BCUT2D eigenvalue weighted by atomic mass is 16.8. The smallest absolute Gasteiger partial charge is 0.333 e. The maximum Gasteiger partial charge on any atom is 0.333 e. The van der Waals surface area contributed by atoms with Crippen LogP contribution in [0.1, 0.15) is 132 Å². The number of aliphatic hydroxyl groups excluding tert-OH is 16. The van der Waals surface area contributed by atoms with Crippen LogP contribution in [0.25, 0.3) is 0 Å². The molecule has 101 heavy (non-hydrogen) atoms. The van der Waals surface area contributed by atoms with Gasteiger partial charge < -0.3 is 144 Å². The SMILES string of the molecule is C=C[C@@](C)(O)CC/C=C(\C)C(=O)OC[C@H]1OC(O[C@@H]2C(O[C@@H]3[C@@H](O)[C@H](CO)OC(O[C@H]4[C@H](O)[C@@H](OC5O[C@@H](CO)[C@H](O)[C@@H](O)[C@@H]5O)C(O[C@@H]5C[C@]6(C)[C@@H](CC[C@H]7[C@]8(CO)CC[C@]9(C(=O)O)CCC(C)(C)C[C@H]9C8=CC[C@@]76C)CC5(C)C)O[C@@H]4CO)[C@H]3O)O[C@@H](CO)[C@H](O)[C@H]2O)[C@H](O)[C@@H](O)[C@@H]1O. The van der Waals surface area contributed by atoms with Crippen molar-refractivity contribution in [2.75, 3.05) is 39.6 Å². The van der Waals surface area contributed by atoms with E-state index in [9.17, 15) is 102 Å². The van der Waals surface area contributed by atoms with E-state index < -0.39 is 237 Å².